The van der Waals surface area contributed by atoms with Crippen molar-refractivity contribution in [1.29, 1.82) is 0 Å². The summed E-state index contributed by atoms with van der Waals surface area (Å²) in [4.78, 5) is 26.9. The Balaban J connectivity index is 1.18. The second-order valence-corrected chi connectivity index (χ2v) is 14.1. The van der Waals surface area contributed by atoms with E-state index in [-0.39, 0.29) is 5.92 Å². The third-order valence-corrected chi connectivity index (χ3v) is 11.3. The number of hydrogen-bond acceptors (Lipinski definition) is 5. The van der Waals surface area contributed by atoms with Gasteiger partial charge < -0.3 is 15.2 Å². The molecule has 1 aliphatic carbocycles. The van der Waals surface area contributed by atoms with Gasteiger partial charge in [0.15, 0.2) is 0 Å². The quantitative estimate of drug-likeness (QED) is 0.266. The van der Waals surface area contributed by atoms with E-state index in [2.05, 4.69) is 84.3 Å². The smallest absolute Gasteiger partial charge is 0.148 e. The van der Waals surface area contributed by atoms with Crippen LogP contribution in [0.5, 0.6) is 0 Å². The second-order valence-electron chi connectivity index (χ2n) is 13.1. The average molecular weight is 553 g/mol. The number of aryl methyl sites for hydroxylation is 2. The van der Waals surface area contributed by atoms with Gasteiger partial charge in [0.1, 0.15) is 10.6 Å². The minimum absolute atomic E-state index is 0.167. The molecule has 3 unspecified atom stereocenters. The van der Waals surface area contributed by atoms with Crippen LogP contribution in [-0.4, -0.2) is 52.9 Å². The lowest BCUT2D eigenvalue weighted by atomic mass is 9.76. The number of fused-ring (bicyclic) bond motifs is 3. The molecule has 208 valence electrons. The third kappa shape index (κ3) is 4.45. The number of likely N-dealkylation sites (tertiary alicyclic amines) is 1. The molecule has 5 nitrogen and oxygen atoms in total. The van der Waals surface area contributed by atoms with Crippen LogP contribution < -0.4 is 5.32 Å². The first-order valence-electron chi connectivity index (χ1n) is 14.9. The summed E-state index contributed by atoms with van der Waals surface area (Å²) in [6, 6.07) is 13.9. The number of piperidine rings is 1. The van der Waals surface area contributed by atoms with Crippen LogP contribution in [0.15, 0.2) is 48.8 Å². The first-order chi connectivity index (χ1) is 19.3. The van der Waals surface area contributed by atoms with Crippen LogP contribution in [0, 0.1) is 25.7 Å². The van der Waals surface area contributed by atoms with Crippen LogP contribution >= 0.6 is 11.3 Å². The molecule has 0 radical (unpaired) electrons. The Hall–Kier alpha value is -2.80. The Morgan fingerprint density at radius 1 is 1.07 bits per heavy atom. The number of thiophene rings is 1. The van der Waals surface area contributed by atoms with Gasteiger partial charge in [-0.15, -0.1) is 11.3 Å². The number of Topliss-reactive ketones (excluding diaryl/α,β-unsaturated/α-hetero) is 1. The summed E-state index contributed by atoms with van der Waals surface area (Å²) < 4.78 is 0. The van der Waals surface area contributed by atoms with E-state index < -0.39 is 5.41 Å². The maximum atomic E-state index is 13.9. The van der Waals surface area contributed by atoms with Crippen molar-refractivity contribution in [3.05, 3.63) is 75.9 Å². The first kappa shape index (κ1) is 26.1. The van der Waals surface area contributed by atoms with Gasteiger partial charge >= 0.3 is 0 Å². The van der Waals surface area contributed by atoms with Gasteiger partial charge in [0.25, 0.3) is 0 Å². The van der Waals surface area contributed by atoms with Gasteiger partial charge in [-0.05, 0) is 106 Å². The molecule has 40 heavy (non-hydrogen) atoms. The molecule has 1 saturated carbocycles. The largest absolute Gasteiger partial charge is 0.346 e. The fourth-order valence-corrected chi connectivity index (χ4v) is 8.81. The van der Waals surface area contributed by atoms with Gasteiger partial charge in [0.05, 0.1) is 11.1 Å². The zero-order valence-corrected chi connectivity index (χ0v) is 24.9. The molecule has 2 bridgehead atoms. The summed E-state index contributed by atoms with van der Waals surface area (Å²) in [7, 11) is 0. The standard InChI is InChI=1S/C34H40N4OS/c1-20-13-21(2)15-24(14-20)31-26(9-12-38-18-25(19-38)22-7-10-35-11-8-22)27-16-29(40-33(27)37-31)34(3,4)32(39)30-23-5-6-28(30)36-17-23/h7-8,10-11,13-16,23,25,28,30,36-37H,5-6,9,12,17-19H2,1-4H3. The Kier molecular flexibility index (Phi) is 6.49. The summed E-state index contributed by atoms with van der Waals surface area (Å²) in [5, 5.41) is 4.90. The number of carbonyl (C=O) groups excluding carboxylic acids is 1. The highest BCUT2D eigenvalue weighted by Gasteiger charge is 2.50. The third-order valence-electron chi connectivity index (χ3n) is 9.89. The molecule has 0 amide bonds. The lowest BCUT2D eigenvalue weighted by Crippen LogP contribution is -2.45. The van der Waals surface area contributed by atoms with E-state index in [1.807, 2.05) is 12.4 Å². The van der Waals surface area contributed by atoms with Crippen LogP contribution in [-0.2, 0) is 16.6 Å². The molecule has 2 aliphatic heterocycles. The number of carbonyl (C=O) groups is 1. The summed E-state index contributed by atoms with van der Waals surface area (Å²) in [6.07, 6.45) is 7.13. The van der Waals surface area contributed by atoms with Gasteiger partial charge in [-0.25, -0.2) is 0 Å². The SMILES string of the molecule is Cc1cc(C)cc(-c2[nH]c3sc(C(C)(C)C(=O)C4C5CCC4NC5)cc3c2CCN2CC(c3ccncc3)C2)c1. The highest BCUT2D eigenvalue weighted by Crippen LogP contribution is 2.45. The Morgan fingerprint density at radius 2 is 1.82 bits per heavy atom. The molecule has 7 rings (SSSR count). The molecule has 4 aromatic rings. The number of aromatic nitrogens is 2. The minimum atomic E-state index is -0.478. The van der Waals surface area contributed by atoms with E-state index in [9.17, 15) is 4.79 Å². The molecule has 2 saturated heterocycles. The van der Waals surface area contributed by atoms with Crippen LogP contribution in [0.1, 0.15) is 59.7 Å². The van der Waals surface area contributed by atoms with E-state index in [1.165, 1.54) is 55.0 Å². The number of H-pyrrole nitrogens is 1. The zero-order chi connectivity index (χ0) is 27.6. The van der Waals surface area contributed by atoms with Crippen LogP contribution in [0.25, 0.3) is 21.5 Å². The molecule has 3 atom stereocenters. The summed E-state index contributed by atoms with van der Waals surface area (Å²) in [5.74, 6) is 1.71. The normalized spacial score (nSPS) is 23.2. The predicted molar refractivity (Wildman–Crippen MR) is 164 cm³/mol. The number of aromatic amines is 1. The number of rotatable bonds is 8. The van der Waals surface area contributed by atoms with E-state index in [0.29, 0.717) is 23.7 Å². The second kappa shape index (κ2) is 9.93. The van der Waals surface area contributed by atoms with Gasteiger partial charge in [-0.2, -0.15) is 0 Å². The Labute approximate surface area is 241 Å². The summed E-state index contributed by atoms with van der Waals surface area (Å²) >= 11 is 1.79. The lowest BCUT2D eigenvalue weighted by Gasteiger charge is -2.39. The Morgan fingerprint density at radius 3 is 2.48 bits per heavy atom. The lowest BCUT2D eigenvalue weighted by molar-refractivity contribution is -0.128. The van der Waals surface area contributed by atoms with E-state index >= 15 is 0 Å². The van der Waals surface area contributed by atoms with Crippen molar-refractivity contribution in [3.63, 3.8) is 0 Å². The van der Waals surface area contributed by atoms with E-state index in [4.69, 9.17) is 0 Å². The maximum Gasteiger partial charge on any atom is 0.148 e. The number of pyridine rings is 1. The molecule has 0 spiro atoms. The Bertz CT molecular complexity index is 1520. The fourth-order valence-electron chi connectivity index (χ4n) is 7.61. The number of hydrogen-bond donors (Lipinski definition) is 2. The van der Waals surface area contributed by atoms with Gasteiger partial charge in [0.2, 0.25) is 0 Å². The number of nitrogens with one attached hydrogen (secondary N) is 2. The first-order valence-corrected chi connectivity index (χ1v) is 15.7. The van der Waals surface area contributed by atoms with Crippen LogP contribution in [0.3, 0.4) is 0 Å². The predicted octanol–water partition coefficient (Wildman–Crippen LogP) is 6.39. The summed E-state index contributed by atoms with van der Waals surface area (Å²) in [5.41, 5.74) is 7.39. The van der Waals surface area contributed by atoms with Crippen LogP contribution in [0.2, 0.25) is 0 Å². The van der Waals surface area contributed by atoms with Gasteiger partial charge in [-0.1, -0.05) is 17.2 Å². The molecule has 3 aliphatic rings. The average Bonchev–Trinajstić information content (AvgIpc) is 3.68. The summed E-state index contributed by atoms with van der Waals surface area (Å²) in [6.45, 7) is 12.9. The molecular weight excluding hydrogens is 512 g/mol. The van der Waals surface area contributed by atoms with Gasteiger partial charge in [-0.3, -0.25) is 9.78 Å². The number of nitrogens with zero attached hydrogens (tertiary/aromatic N) is 2. The van der Waals surface area contributed by atoms with Crippen molar-refractivity contribution in [2.45, 2.75) is 64.3 Å². The monoisotopic (exact) mass is 552 g/mol. The number of ketones is 1. The molecular formula is C34H40N4OS. The topological polar surface area (TPSA) is 61.0 Å². The van der Waals surface area contributed by atoms with Crippen molar-refractivity contribution in [3.8, 4) is 11.3 Å². The molecule has 5 heterocycles. The van der Waals surface area contributed by atoms with E-state index in [0.717, 1.165) is 39.0 Å². The number of benzene rings is 1. The van der Waals surface area contributed by atoms with Crippen molar-refractivity contribution in [2.24, 2.45) is 11.8 Å². The molecule has 1 aromatic carbocycles. The minimum Gasteiger partial charge on any atom is -0.346 e. The maximum absolute atomic E-state index is 13.9. The van der Waals surface area contributed by atoms with Crippen molar-refractivity contribution in [2.75, 3.05) is 26.2 Å². The van der Waals surface area contributed by atoms with Gasteiger partial charge in [0, 0.05) is 60.2 Å². The zero-order valence-electron chi connectivity index (χ0n) is 24.1. The van der Waals surface area contributed by atoms with Crippen LogP contribution in [0.4, 0.5) is 0 Å². The van der Waals surface area contributed by atoms with Crippen molar-refractivity contribution >= 4 is 27.3 Å². The molecule has 2 N–H and O–H groups in total. The molecule has 3 fully saturated rings. The van der Waals surface area contributed by atoms with Crippen molar-refractivity contribution in [1.82, 2.24) is 20.2 Å². The molecule has 6 heteroatoms. The van der Waals surface area contributed by atoms with E-state index in [1.54, 1.807) is 11.3 Å². The highest BCUT2D eigenvalue weighted by molar-refractivity contribution is 7.19. The molecule has 3 aromatic heterocycles. The van der Waals surface area contributed by atoms with Crippen molar-refractivity contribution < 1.29 is 4.79 Å². The fraction of sp³-hybridized carbons (Fsp3) is 0.471. The highest BCUT2D eigenvalue weighted by atomic mass is 32.1.